The van der Waals surface area contributed by atoms with Crippen LogP contribution in [0.15, 0.2) is 24.3 Å². The van der Waals surface area contributed by atoms with Gasteiger partial charge in [0.05, 0.1) is 5.60 Å². The van der Waals surface area contributed by atoms with Crippen molar-refractivity contribution in [3.63, 3.8) is 0 Å². The molecule has 1 aliphatic rings. The highest BCUT2D eigenvalue weighted by atomic mass is 35.5. The summed E-state index contributed by atoms with van der Waals surface area (Å²) in [6, 6.07) is 8.17. The second-order valence-corrected chi connectivity index (χ2v) is 5.58. The maximum Gasteiger partial charge on any atom is 0.0694 e. The van der Waals surface area contributed by atoms with E-state index in [4.69, 9.17) is 22.2 Å². The first kappa shape index (κ1) is 13.8. The van der Waals surface area contributed by atoms with Crippen LogP contribution >= 0.6 is 11.6 Å². The van der Waals surface area contributed by atoms with Gasteiger partial charge in [0, 0.05) is 18.2 Å². The van der Waals surface area contributed by atoms with E-state index in [0.717, 1.165) is 30.7 Å². The zero-order valence-electron chi connectivity index (χ0n) is 10.8. The third-order valence-corrected chi connectivity index (χ3v) is 4.20. The number of benzene rings is 1. The van der Waals surface area contributed by atoms with Crippen molar-refractivity contribution in [2.24, 2.45) is 5.84 Å². The molecule has 3 N–H and O–H groups in total. The first-order valence-corrected chi connectivity index (χ1v) is 6.81. The van der Waals surface area contributed by atoms with E-state index < -0.39 is 0 Å². The van der Waals surface area contributed by atoms with Crippen molar-refractivity contribution in [1.82, 2.24) is 5.43 Å². The van der Waals surface area contributed by atoms with E-state index in [9.17, 15) is 0 Å². The fraction of sp³-hybridized carbons (Fsp3) is 0.571. The van der Waals surface area contributed by atoms with E-state index in [1.165, 1.54) is 12.0 Å². The van der Waals surface area contributed by atoms with Crippen LogP contribution < -0.4 is 11.3 Å². The van der Waals surface area contributed by atoms with E-state index >= 15 is 0 Å². The van der Waals surface area contributed by atoms with Crippen LogP contribution in [0.1, 0.15) is 31.2 Å². The topological polar surface area (TPSA) is 47.3 Å². The summed E-state index contributed by atoms with van der Waals surface area (Å²) >= 11 is 5.88. The molecular formula is C14H21ClN2O. The molecular weight excluding hydrogens is 248 g/mol. The molecule has 0 spiro atoms. The summed E-state index contributed by atoms with van der Waals surface area (Å²) < 4.78 is 5.65. The molecule has 1 saturated carbocycles. The number of halogens is 1. The molecule has 0 bridgehead atoms. The minimum absolute atomic E-state index is 0.0451. The van der Waals surface area contributed by atoms with Gasteiger partial charge in [0.1, 0.15) is 0 Å². The smallest absolute Gasteiger partial charge is 0.0694 e. The molecule has 0 amide bonds. The van der Waals surface area contributed by atoms with E-state index in [1.807, 2.05) is 24.3 Å². The molecule has 1 aromatic carbocycles. The van der Waals surface area contributed by atoms with Crippen LogP contribution in [0.5, 0.6) is 0 Å². The van der Waals surface area contributed by atoms with Crippen LogP contribution in [-0.2, 0) is 11.2 Å². The van der Waals surface area contributed by atoms with Crippen LogP contribution in [0.2, 0.25) is 5.02 Å². The molecule has 0 heterocycles. The molecule has 0 radical (unpaired) electrons. The normalized spacial score (nSPS) is 19.3. The number of hydrogen-bond donors (Lipinski definition) is 2. The Bertz CT molecular complexity index is 370. The fourth-order valence-electron chi connectivity index (χ4n) is 2.61. The zero-order valence-corrected chi connectivity index (χ0v) is 11.5. The molecule has 0 aromatic heterocycles. The monoisotopic (exact) mass is 268 g/mol. The van der Waals surface area contributed by atoms with Gasteiger partial charge >= 0.3 is 0 Å². The Kier molecular flexibility index (Phi) is 4.62. The van der Waals surface area contributed by atoms with Gasteiger partial charge in [0.2, 0.25) is 0 Å². The first-order chi connectivity index (χ1) is 8.67. The maximum atomic E-state index is 5.88. The van der Waals surface area contributed by atoms with Crippen LogP contribution in [-0.4, -0.2) is 18.8 Å². The minimum Gasteiger partial charge on any atom is -0.378 e. The van der Waals surface area contributed by atoms with Gasteiger partial charge < -0.3 is 4.74 Å². The Morgan fingerprint density at radius 3 is 2.50 bits per heavy atom. The fourth-order valence-corrected chi connectivity index (χ4v) is 2.73. The SMILES string of the molecule is COC1(CC(Cc2ccc(Cl)cc2)NN)CCC1. The first-order valence-electron chi connectivity index (χ1n) is 6.43. The summed E-state index contributed by atoms with van der Waals surface area (Å²) in [6.45, 7) is 0. The largest absolute Gasteiger partial charge is 0.378 e. The second kappa shape index (κ2) is 6.02. The Labute approximate surface area is 114 Å². The highest BCUT2D eigenvalue weighted by molar-refractivity contribution is 6.30. The highest BCUT2D eigenvalue weighted by Crippen LogP contribution is 2.39. The van der Waals surface area contributed by atoms with E-state index in [1.54, 1.807) is 7.11 Å². The standard InChI is InChI=1S/C14H21ClN2O/c1-18-14(7-2-8-14)10-13(17-16)9-11-3-5-12(15)6-4-11/h3-6,13,17H,2,7-10,16H2,1H3. The summed E-state index contributed by atoms with van der Waals surface area (Å²) in [5, 5.41) is 0.767. The average Bonchev–Trinajstić information content (AvgIpc) is 2.35. The highest BCUT2D eigenvalue weighted by Gasteiger charge is 2.38. The van der Waals surface area contributed by atoms with Crippen molar-refractivity contribution in [3.8, 4) is 0 Å². The van der Waals surface area contributed by atoms with Gasteiger partial charge in [-0.3, -0.25) is 11.3 Å². The lowest BCUT2D eigenvalue weighted by Gasteiger charge is -2.42. The quantitative estimate of drug-likeness (QED) is 0.616. The van der Waals surface area contributed by atoms with Crippen molar-refractivity contribution in [2.45, 2.75) is 43.7 Å². The van der Waals surface area contributed by atoms with Crippen molar-refractivity contribution in [3.05, 3.63) is 34.9 Å². The lowest BCUT2D eigenvalue weighted by Crippen LogP contribution is -2.48. The van der Waals surface area contributed by atoms with Gasteiger partial charge in [-0.2, -0.15) is 0 Å². The van der Waals surface area contributed by atoms with Crippen molar-refractivity contribution in [1.29, 1.82) is 0 Å². The second-order valence-electron chi connectivity index (χ2n) is 5.14. The number of rotatable bonds is 6. The summed E-state index contributed by atoms with van der Waals surface area (Å²) in [7, 11) is 1.80. The number of ether oxygens (including phenoxy) is 1. The third kappa shape index (κ3) is 3.23. The molecule has 2 rings (SSSR count). The predicted molar refractivity (Wildman–Crippen MR) is 74.5 cm³/mol. The van der Waals surface area contributed by atoms with Crippen molar-refractivity contribution >= 4 is 11.6 Å². The number of methoxy groups -OCH3 is 1. The number of nitrogens with two attached hydrogens (primary N) is 1. The Hall–Kier alpha value is -0.610. The molecule has 0 saturated heterocycles. The van der Waals surface area contributed by atoms with Crippen LogP contribution in [0, 0.1) is 0 Å². The van der Waals surface area contributed by atoms with Crippen molar-refractivity contribution in [2.75, 3.05) is 7.11 Å². The average molecular weight is 269 g/mol. The van der Waals surface area contributed by atoms with E-state index in [0.29, 0.717) is 0 Å². The van der Waals surface area contributed by atoms with Gasteiger partial charge in [0.15, 0.2) is 0 Å². The number of nitrogens with one attached hydrogen (secondary N) is 1. The predicted octanol–water partition coefficient (Wildman–Crippen LogP) is 2.67. The Morgan fingerprint density at radius 1 is 1.39 bits per heavy atom. The minimum atomic E-state index is 0.0451. The lowest BCUT2D eigenvalue weighted by molar-refractivity contribution is -0.0834. The Balaban J connectivity index is 1.94. The van der Waals surface area contributed by atoms with Gasteiger partial charge in [-0.1, -0.05) is 23.7 Å². The molecule has 3 nitrogen and oxygen atoms in total. The summed E-state index contributed by atoms with van der Waals surface area (Å²) in [5.74, 6) is 5.66. The molecule has 18 heavy (non-hydrogen) atoms. The molecule has 100 valence electrons. The van der Waals surface area contributed by atoms with Crippen molar-refractivity contribution < 1.29 is 4.74 Å². The number of hydrazine groups is 1. The maximum absolute atomic E-state index is 5.88. The molecule has 1 unspecified atom stereocenters. The molecule has 0 aliphatic heterocycles. The Morgan fingerprint density at radius 2 is 2.06 bits per heavy atom. The molecule has 1 fully saturated rings. The van der Waals surface area contributed by atoms with E-state index in [-0.39, 0.29) is 11.6 Å². The zero-order chi connectivity index (χ0) is 13.0. The summed E-state index contributed by atoms with van der Waals surface area (Å²) in [5.41, 5.74) is 4.20. The van der Waals surface area contributed by atoms with Gasteiger partial charge in [0.25, 0.3) is 0 Å². The van der Waals surface area contributed by atoms with E-state index in [2.05, 4.69) is 5.43 Å². The lowest BCUT2D eigenvalue weighted by atomic mass is 9.75. The van der Waals surface area contributed by atoms with Gasteiger partial charge in [-0.25, -0.2) is 0 Å². The van der Waals surface area contributed by atoms with Crippen LogP contribution in [0.25, 0.3) is 0 Å². The molecule has 4 heteroatoms. The third-order valence-electron chi connectivity index (χ3n) is 3.95. The van der Waals surface area contributed by atoms with Crippen LogP contribution in [0.3, 0.4) is 0 Å². The molecule has 1 aromatic rings. The number of hydrogen-bond acceptors (Lipinski definition) is 3. The molecule has 1 aliphatic carbocycles. The van der Waals surface area contributed by atoms with Crippen LogP contribution in [0.4, 0.5) is 0 Å². The van der Waals surface area contributed by atoms with Gasteiger partial charge in [-0.15, -0.1) is 0 Å². The summed E-state index contributed by atoms with van der Waals surface area (Å²) in [4.78, 5) is 0. The molecule has 1 atom stereocenters. The van der Waals surface area contributed by atoms with Gasteiger partial charge in [-0.05, 0) is 49.8 Å². The summed E-state index contributed by atoms with van der Waals surface area (Å²) in [6.07, 6.45) is 5.40.